The second-order valence-corrected chi connectivity index (χ2v) is 6.85. The van der Waals surface area contributed by atoms with Crippen molar-refractivity contribution < 1.29 is 34.3 Å². The standard InChI is InChI=1S/C16H19NO3S.C2H4O4/c1-17(2)9-8-12(15-7-4-10-21-15)20-14-6-3-5-13-16(14)19-11-18-13;3-2(4)1-6-5/h3-7,10,12H,8-9,11H2,1-2H3;5H,1H2,(H,3,4). The van der Waals surface area contributed by atoms with Crippen LogP contribution in [0.4, 0.5) is 0 Å². The SMILES string of the molecule is CN(C)CCC(Oc1cccc2c1OCO2)c1cccs1.O=C(O)COO. The average molecular weight is 397 g/mol. The summed E-state index contributed by atoms with van der Waals surface area (Å²) in [6.07, 6.45) is 0.959. The van der Waals surface area contributed by atoms with E-state index < -0.39 is 12.6 Å². The fourth-order valence-electron chi connectivity index (χ4n) is 2.31. The monoisotopic (exact) mass is 397 g/mol. The molecule has 1 aliphatic heterocycles. The van der Waals surface area contributed by atoms with Crippen molar-refractivity contribution in [3.05, 3.63) is 40.6 Å². The summed E-state index contributed by atoms with van der Waals surface area (Å²) >= 11 is 1.72. The summed E-state index contributed by atoms with van der Waals surface area (Å²) < 4.78 is 17.2. The fraction of sp³-hybridized carbons (Fsp3) is 0.389. The smallest absolute Gasteiger partial charge is 0.333 e. The van der Waals surface area contributed by atoms with Crippen molar-refractivity contribution in [1.29, 1.82) is 0 Å². The zero-order valence-electron chi connectivity index (χ0n) is 15.2. The molecule has 0 fully saturated rings. The van der Waals surface area contributed by atoms with Gasteiger partial charge < -0.3 is 24.2 Å². The molecule has 8 nitrogen and oxygen atoms in total. The predicted octanol–water partition coefficient (Wildman–Crippen LogP) is 3.11. The maximum Gasteiger partial charge on any atom is 0.333 e. The molecule has 0 bridgehead atoms. The highest BCUT2D eigenvalue weighted by Gasteiger charge is 2.22. The Morgan fingerprint density at radius 1 is 1.30 bits per heavy atom. The molecule has 0 amide bonds. The van der Waals surface area contributed by atoms with Gasteiger partial charge in [-0.15, -0.1) is 11.3 Å². The molecule has 1 unspecified atom stereocenters. The van der Waals surface area contributed by atoms with E-state index >= 15 is 0 Å². The third kappa shape index (κ3) is 6.72. The predicted molar refractivity (Wildman–Crippen MR) is 99.6 cm³/mol. The molecule has 27 heavy (non-hydrogen) atoms. The summed E-state index contributed by atoms with van der Waals surface area (Å²) in [5, 5.41) is 17.1. The number of carboxylic acids is 1. The number of fused-ring (bicyclic) bond motifs is 1. The lowest BCUT2D eigenvalue weighted by molar-refractivity contribution is -0.243. The number of hydrogen-bond donors (Lipinski definition) is 2. The Kier molecular flexibility index (Phi) is 8.34. The molecule has 3 rings (SSSR count). The second-order valence-electron chi connectivity index (χ2n) is 5.87. The van der Waals surface area contributed by atoms with Crippen LogP contribution >= 0.6 is 11.3 Å². The largest absolute Gasteiger partial charge is 0.481 e. The van der Waals surface area contributed by atoms with E-state index in [1.807, 2.05) is 18.2 Å². The molecule has 1 aromatic heterocycles. The van der Waals surface area contributed by atoms with Crippen molar-refractivity contribution in [3.63, 3.8) is 0 Å². The van der Waals surface area contributed by atoms with Crippen molar-refractivity contribution in [2.24, 2.45) is 0 Å². The van der Waals surface area contributed by atoms with Gasteiger partial charge in [0.15, 0.2) is 18.1 Å². The lowest BCUT2D eigenvalue weighted by Gasteiger charge is -2.20. The van der Waals surface area contributed by atoms with E-state index in [0.717, 1.165) is 24.5 Å². The quantitative estimate of drug-likeness (QED) is 0.518. The molecule has 0 saturated heterocycles. The number of rotatable bonds is 8. The van der Waals surface area contributed by atoms with E-state index in [9.17, 15) is 4.79 Å². The molecule has 0 saturated carbocycles. The van der Waals surface area contributed by atoms with Crippen LogP contribution in [0, 0.1) is 0 Å². The summed E-state index contributed by atoms with van der Waals surface area (Å²) in [4.78, 5) is 15.9. The highest BCUT2D eigenvalue weighted by atomic mass is 32.1. The summed E-state index contributed by atoms with van der Waals surface area (Å²) in [6, 6.07) is 9.94. The number of hydrogen-bond acceptors (Lipinski definition) is 8. The number of carbonyl (C=O) groups is 1. The van der Waals surface area contributed by atoms with E-state index in [0.29, 0.717) is 5.75 Å². The van der Waals surface area contributed by atoms with Gasteiger partial charge in [-0.05, 0) is 37.7 Å². The zero-order chi connectivity index (χ0) is 19.6. The van der Waals surface area contributed by atoms with Gasteiger partial charge in [-0.25, -0.2) is 9.68 Å². The summed E-state index contributed by atoms with van der Waals surface area (Å²) in [7, 11) is 4.14. The molecule has 2 N–H and O–H groups in total. The molecule has 0 radical (unpaired) electrons. The lowest BCUT2D eigenvalue weighted by Crippen LogP contribution is -2.18. The van der Waals surface area contributed by atoms with Crippen molar-refractivity contribution in [2.75, 3.05) is 34.0 Å². The highest BCUT2D eigenvalue weighted by Crippen LogP contribution is 2.42. The molecule has 0 aliphatic carbocycles. The Labute approximate surface area is 161 Å². The van der Waals surface area contributed by atoms with Crippen LogP contribution in [-0.2, 0) is 9.68 Å². The first kappa shape index (κ1) is 21.0. The van der Waals surface area contributed by atoms with Gasteiger partial charge in [-0.2, -0.15) is 0 Å². The van der Waals surface area contributed by atoms with Crippen LogP contribution in [0.2, 0.25) is 0 Å². The minimum atomic E-state index is -1.18. The number of benzene rings is 1. The minimum Gasteiger partial charge on any atom is -0.481 e. The third-order valence-electron chi connectivity index (χ3n) is 3.52. The Morgan fingerprint density at radius 3 is 2.70 bits per heavy atom. The number of ether oxygens (including phenoxy) is 3. The van der Waals surface area contributed by atoms with Gasteiger partial charge in [0.05, 0.1) is 0 Å². The number of para-hydroxylation sites is 1. The van der Waals surface area contributed by atoms with Crippen molar-refractivity contribution in [2.45, 2.75) is 12.5 Å². The van der Waals surface area contributed by atoms with Crippen molar-refractivity contribution >= 4 is 17.3 Å². The Hall–Kier alpha value is -2.33. The van der Waals surface area contributed by atoms with Crippen molar-refractivity contribution in [3.8, 4) is 17.2 Å². The van der Waals surface area contributed by atoms with Gasteiger partial charge in [-0.3, -0.25) is 5.26 Å². The Balaban J connectivity index is 0.000000380. The molecular weight excluding hydrogens is 374 g/mol. The van der Waals surface area contributed by atoms with Gasteiger partial charge in [0, 0.05) is 17.8 Å². The molecular formula is C18H23NO7S. The molecule has 0 spiro atoms. The van der Waals surface area contributed by atoms with Crippen LogP contribution in [0.3, 0.4) is 0 Å². The van der Waals surface area contributed by atoms with Crippen molar-refractivity contribution in [1.82, 2.24) is 4.90 Å². The van der Waals surface area contributed by atoms with Gasteiger partial charge >= 0.3 is 5.97 Å². The second kappa shape index (κ2) is 10.7. The van der Waals surface area contributed by atoms with E-state index in [2.05, 4.69) is 41.4 Å². The molecule has 148 valence electrons. The van der Waals surface area contributed by atoms with E-state index in [1.165, 1.54) is 4.88 Å². The minimum absolute atomic E-state index is 0.0306. The summed E-state index contributed by atoms with van der Waals surface area (Å²) in [5.74, 6) is 1.04. The molecule has 1 aliphatic rings. The number of nitrogens with zero attached hydrogens (tertiary/aromatic N) is 1. The Bertz CT molecular complexity index is 706. The van der Waals surface area contributed by atoms with Crippen LogP contribution in [0.15, 0.2) is 35.7 Å². The maximum absolute atomic E-state index is 9.31. The van der Waals surface area contributed by atoms with Gasteiger partial charge in [0.2, 0.25) is 12.5 Å². The lowest BCUT2D eigenvalue weighted by atomic mass is 10.2. The third-order valence-corrected chi connectivity index (χ3v) is 4.48. The van der Waals surface area contributed by atoms with Gasteiger partial charge in [0.25, 0.3) is 0 Å². The first-order valence-corrected chi connectivity index (χ1v) is 9.10. The molecule has 2 heterocycles. The number of thiophene rings is 1. The van der Waals surface area contributed by atoms with E-state index in [-0.39, 0.29) is 12.9 Å². The van der Waals surface area contributed by atoms with E-state index in [4.69, 9.17) is 24.6 Å². The topological polar surface area (TPSA) is 97.7 Å². The highest BCUT2D eigenvalue weighted by molar-refractivity contribution is 7.10. The average Bonchev–Trinajstić information content (AvgIpc) is 3.30. The zero-order valence-corrected chi connectivity index (χ0v) is 16.0. The molecule has 1 aromatic carbocycles. The normalized spacial score (nSPS) is 13.0. The van der Waals surface area contributed by atoms with Gasteiger partial charge in [-0.1, -0.05) is 12.1 Å². The van der Waals surface area contributed by atoms with Gasteiger partial charge in [0.1, 0.15) is 6.10 Å². The van der Waals surface area contributed by atoms with Crippen LogP contribution in [0.1, 0.15) is 17.4 Å². The fourth-order valence-corrected chi connectivity index (χ4v) is 3.10. The number of aliphatic carboxylic acids is 1. The first-order chi connectivity index (χ1) is 13.0. The van der Waals surface area contributed by atoms with Crippen LogP contribution in [-0.4, -0.2) is 55.3 Å². The summed E-state index contributed by atoms with van der Waals surface area (Å²) in [5.41, 5.74) is 0. The molecule has 9 heteroatoms. The first-order valence-electron chi connectivity index (χ1n) is 8.22. The molecule has 1 atom stereocenters. The van der Waals surface area contributed by atoms with Crippen LogP contribution < -0.4 is 14.2 Å². The van der Waals surface area contributed by atoms with Crippen LogP contribution in [0.25, 0.3) is 0 Å². The van der Waals surface area contributed by atoms with E-state index in [1.54, 1.807) is 11.3 Å². The molecule has 2 aromatic rings. The number of carboxylic acid groups (broad SMARTS) is 1. The van der Waals surface area contributed by atoms with Crippen LogP contribution in [0.5, 0.6) is 17.2 Å². The maximum atomic E-state index is 9.31. The summed E-state index contributed by atoms with van der Waals surface area (Å²) in [6.45, 7) is 0.575. The Morgan fingerprint density at radius 2 is 2.11 bits per heavy atom.